The predicted octanol–water partition coefficient (Wildman–Crippen LogP) is 5.30. The highest BCUT2D eigenvalue weighted by Gasteiger charge is 2.28. The molecule has 2 heterocycles. The number of hydrogen-bond acceptors (Lipinski definition) is 6. The number of thiazole rings is 1. The van der Waals surface area contributed by atoms with Gasteiger partial charge < -0.3 is 15.5 Å². The van der Waals surface area contributed by atoms with Crippen molar-refractivity contribution in [3.05, 3.63) is 76.2 Å². The third-order valence-corrected chi connectivity index (χ3v) is 7.68. The second-order valence-electron chi connectivity index (χ2n) is 10.2. The largest absolute Gasteiger partial charge is 0.366 e. The summed E-state index contributed by atoms with van der Waals surface area (Å²) in [7, 11) is 0. The smallest absolute Gasteiger partial charge is 0.254 e. The Morgan fingerprint density at radius 3 is 2.24 bits per heavy atom. The minimum absolute atomic E-state index is 0.0364. The third-order valence-electron chi connectivity index (χ3n) is 6.91. The van der Waals surface area contributed by atoms with Gasteiger partial charge in [-0.2, -0.15) is 0 Å². The molecule has 3 aromatic rings. The molecule has 1 fully saturated rings. The second-order valence-corrected chi connectivity index (χ2v) is 11.1. The van der Waals surface area contributed by atoms with E-state index in [0.717, 1.165) is 48.9 Å². The first-order valence-corrected chi connectivity index (χ1v) is 13.8. The van der Waals surface area contributed by atoms with Crippen molar-refractivity contribution in [2.24, 2.45) is 5.73 Å². The number of amides is 2. The first-order chi connectivity index (χ1) is 17.7. The Kier molecular flexibility index (Phi) is 8.61. The van der Waals surface area contributed by atoms with E-state index >= 15 is 0 Å². The van der Waals surface area contributed by atoms with Crippen molar-refractivity contribution in [2.75, 3.05) is 18.0 Å². The lowest BCUT2D eigenvalue weighted by molar-refractivity contribution is 0.0643. The molecule has 1 aliphatic rings. The molecule has 1 saturated heterocycles. The van der Waals surface area contributed by atoms with Gasteiger partial charge in [0.15, 0.2) is 0 Å². The van der Waals surface area contributed by atoms with E-state index in [9.17, 15) is 9.59 Å². The molecule has 0 aliphatic carbocycles. The van der Waals surface area contributed by atoms with Crippen LogP contribution in [0.1, 0.15) is 66.3 Å². The van der Waals surface area contributed by atoms with Gasteiger partial charge in [0, 0.05) is 65.3 Å². The molecule has 0 spiro atoms. The summed E-state index contributed by atoms with van der Waals surface area (Å²) in [6.45, 7) is 11.0. The maximum absolute atomic E-state index is 13.2. The second kappa shape index (κ2) is 11.9. The Morgan fingerprint density at radius 2 is 1.68 bits per heavy atom. The summed E-state index contributed by atoms with van der Waals surface area (Å²) in [6.07, 6.45) is 3.80. The van der Waals surface area contributed by atoms with Crippen molar-refractivity contribution < 1.29 is 9.59 Å². The number of piperidine rings is 1. The van der Waals surface area contributed by atoms with Crippen LogP contribution >= 0.6 is 11.3 Å². The summed E-state index contributed by atoms with van der Waals surface area (Å²) in [5.74, 6) is -0.405. The van der Waals surface area contributed by atoms with E-state index in [-0.39, 0.29) is 24.0 Å². The summed E-state index contributed by atoms with van der Waals surface area (Å²) in [5, 5.41) is 3.16. The van der Waals surface area contributed by atoms with Gasteiger partial charge in [-0.3, -0.25) is 14.5 Å². The van der Waals surface area contributed by atoms with Gasteiger partial charge in [0.05, 0.1) is 6.54 Å². The Labute approximate surface area is 223 Å². The van der Waals surface area contributed by atoms with Crippen molar-refractivity contribution in [1.29, 1.82) is 0 Å². The number of anilines is 2. The molecule has 2 aromatic carbocycles. The molecule has 1 aliphatic heterocycles. The van der Waals surface area contributed by atoms with E-state index in [4.69, 9.17) is 5.73 Å². The molecule has 2 amide bonds. The highest BCUT2D eigenvalue weighted by Crippen LogP contribution is 2.33. The van der Waals surface area contributed by atoms with Gasteiger partial charge in [-0.05, 0) is 83.0 Å². The number of likely N-dealkylation sites (tertiary alicyclic amines) is 1. The van der Waals surface area contributed by atoms with Gasteiger partial charge >= 0.3 is 0 Å². The zero-order valence-corrected chi connectivity index (χ0v) is 22.9. The number of rotatable bonds is 9. The lowest BCUT2D eigenvalue weighted by Gasteiger charge is -2.40. The zero-order chi connectivity index (χ0) is 26.5. The van der Waals surface area contributed by atoms with Gasteiger partial charge in [0.25, 0.3) is 5.91 Å². The predicted molar refractivity (Wildman–Crippen MR) is 150 cm³/mol. The van der Waals surface area contributed by atoms with E-state index in [0.29, 0.717) is 11.1 Å². The Bertz CT molecular complexity index is 1180. The Hall–Kier alpha value is -3.23. The Morgan fingerprint density at radius 1 is 1.00 bits per heavy atom. The zero-order valence-electron chi connectivity index (χ0n) is 22.1. The minimum Gasteiger partial charge on any atom is -0.366 e. The molecule has 0 radical (unpaired) electrons. The maximum atomic E-state index is 13.2. The average Bonchev–Trinajstić information content (AvgIpc) is 3.38. The van der Waals surface area contributed by atoms with Crippen molar-refractivity contribution in [1.82, 2.24) is 14.8 Å². The van der Waals surface area contributed by atoms with E-state index in [1.165, 1.54) is 0 Å². The fourth-order valence-corrected chi connectivity index (χ4v) is 5.87. The van der Waals surface area contributed by atoms with E-state index in [2.05, 4.69) is 14.8 Å². The van der Waals surface area contributed by atoms with Crippen LogP contribution in [-0.2, 0) is 6.54 Å². The fraction of sp³-hybridized carbons (Fsp3) is 0.414. The van der Waals surface area contributed by atoms with Crippen LogP contribution in [0.3, 0.4) is 0 Å². The molecular weight excluding hydrogens is 482 g/mol. The van der Waals surface area contributed by atoms with Gasteiger partial charge in [0.2, 0.25) is 5.91 Å². The first-order valence-electron chi connectivity index (χ1n) is 13.0. The number of benzene rings is 2. The lowest BCUT2D eigenvalue weighted by Crippen LogP contribution is -2.43. The average molecular weight is 520 g/mol. The van der Waals surface area contributed by atoms with Crippen LogP contribution in [-0.4, -0.2) is 57.8 Å². The van der Waals surface area contributed by atoms with Gasteiger partial charge in [-0.1, -0.05) is 6.07 Å². The summed E-state index contributed by atoms with van der Waals surface area (Å²) < 4.78 is 0. The molecule has 0 saturated carbocycles. The molecule has 0 unspecified atom stereocenters. The molecule has 1 aromatic heterocycles. The van der Waals surface area contributed by atoms with Crippen molar-refractivity contribution in [3.8, 4) is 0 Å². The number of nitrogens with zero attached hydrogens (tertiary/aromatic N) is 4. The molecular formula is C29H37N5O2S. The first kappa shape index (κ1) is 26.8. The molecule has 2 N–H and O–H groups in total. The van der Waals surface area contributed by atoms with Crippen molar-refractivity contribution in [3.63, 3.8) is 0 Å². The van der Waals surface area contributed by atoms with E-state index in [1.54, 1.807) is 17.4 Å². The number of aromatic nitrogens is 1. The monoisotopic (exact) mass is 519 g/mol. The normalized spacial score (nSPS) is 14.8. The quantitative estimate of drug-likeness (QED) is 0.415. The van der Waals surface area contributed by atoms with Crippen LogP contribution in [0.2, 0.25) is 0 Å². The maximum Gasteiger partial charge on any atom is 0.254 e. The van der Waals surface area contributed by atoms with Crippen molar-refractivity contribution >= 4 is 34.5 Å². The van der Waals surface area contributed by atoms with Crippen LogP contribution in [0, 0.1) is 0 Å². The summed E-state index contributed by atoms with van der Waals surface area (Å²) in [4.78, 5) is 36.2. The number of carbonyl (C=O) groups excluding carboxylic acids is 2. The van der Waals surface area contributed by atoms with E-state index in [1.807, 2.05) is 86.6 Å². The third kappa shape index (κ3) is 6.37. The van der Waals surface area contributed by atoms with Crippen LogP contribution < -0.4 is 10.6 Å². The van der Waals surface area contributed by atoms with Crippen LogP contribution in [0.4, 0.5) is 11.4 Å². The van der Waals surface area contributed by atoms with Crippen LogP contribution in [0.5, 0.6) is 0 Å². The topological polar surface area (TPSA) is 82.8 Å². The van der Waals surface area contributed by atoms with Crippen LogP contribution in [0.15, 0.2) is 60.1 Å². The number of nitrogens with two attached hydrogens (primary N) is 1. The van der Waals surface area contributed by atoms with Gasteiger partial charge in [0.1, 0.15) is 5.01 Å². The molecule has 196 valence electrons. The minimum atomic E-state index is -0.441. The number of carbonyl (C=O) groups is 2. The lowest BCUT2D eigenvalue weighted by atomic mass is 10.00. The molecule has 37 heavy (non-hydrogen) atoms. The highest BCUT2D eigenvalue weighted by atomic mass is 32.1. The van der Waals surface area contributed by atoms with Gasteiger partial charge in [-0.25, -0.2) is 4.98 Å². The highest BCUT2D eigenvalue weighted by molar-refractivity contribution is 7.09. The molecule has 7 nitrogen and oxygen atoms in total. The standard InChI is InChI=1S/C29H37N5O2S/c1-20(2)33(21(3)4)29(36)22-8-10-24(11-9-22)34(26-7-5-6-23(18-26)28(30)35)25-12-15-32(16-13-25)19-27-31-14-17-37-27/h5-11,14,17-18,20-21,25H,12-13,15-16,19H2,1-4H3,(H2,30,35). The van der Waals surface area contributed by atoms with Crippen LogP contribution in [0.25, 0.3) is 0 Å². The summed E-state index contributed by atoms with van der Waals surface area (Å²) in [5.41, 5.74) is 8.69. The van der Waals surface area contributed by atoms with E-state index < -0.39 is 5.91 Å². The molecule has 0 atom stereocenters. The number of hydrogen-bond donors (Lipinski definition) is 1. The SMILES string of the molecule is CC(C)N(C(=O)c1ccc(N(c2cccc(C(N)=O)c2)C2CCN(Cc3nccs3)CC2)cc1)C(C)C. The molecule has 8 heteroatoms. The Balaban J connectivity index is 1.59. The summed E-state index contributed by atoms with van der Waals surface area (Å²) >= 11 is 1.69. The molecule has 4 rings (SSSR count). The van der Waals surface area contributed by atoms with Gasteiger partial charge in [-0.15, -0.1) is 11.3 Å². The fourth-order valence-electron chi connectivity index (χ4n) is 5.22. The summed E-state index contributed by atoms with van der Waals surface area (Å²) in [6, 6.07) is 15.9. The van der Waals surface area contributed by atoms with Crippen molar-refractivity contribution in [2.45, 2.75) is 65.2 Å². The number of primary amides is 1. The molecule has 0 bridgehead atoms.